The standard InChI is InChI=1S/B.H2O3Si/c;1-4(2)3/h;1-2H. The predicted octanol–water partition coefficient (Wildman–Crippen LogP) is -1.99. The summed E-state index contributed by atoms with van der Waals surface area (Å²) in [5.74, 6) is 0. The lowest BCUT2D eigenvalue weighted by Gasteiger charge is -1.55. The molecule has 0 atom stereocenters. The van der Waals surface area contributed by atoms with Gasteiger partial charge in [0, 0.05) is 8.41 Å². The van der Waals surface area contributed by atoms with E-state index in [0.717, 1.165) is 0 Å². The largest absolute Gasteiger partial charge is 0.761 e. The first-order valence-corrected chi connectivity index (χ1v) is 1.95. The molecule has 0 unspecified atom stereocenters. The Morgan fingerprint density at radius 3 is 1.40 bits per heavy atom. The van der Waals surface area contributed by atoms with Crippen LogP contribution in [0.3, 0.4) is 0 Å². The van der Waals surface area contributed by atoms with Crippen molar-refractivity contribution in [2.75, 3.05) is 0 Å². The number of rotatable bonds is 0. The minimum atomic E-state index is -3.13. The average Bonchev–Trinajstić information content (AvgIpc) is 0.811. The molecule has 3 radical (unpaired) electrons. The van der Waals surface area contributed by atoms with Crippen LogP contribution in [0.25, 0.3) is 0 Å². The molecule has 0 aromatic heterocycles. The second kappa shape index (κ2) is 3.68. The van der Waals surface area contributed by atoms with E-state index in [1.54, 1.807) is 0 Å². The molecule has 0 aliphatic heterocycles. The van der Waals surface area contributed by atoms with Gasteiger partial charge < -0.3 is 9.59 Å². The fraction of sp³-hybridized carbons (Fsp3) is 0. The molecule has 0 aromatic carbocycles. The molecule has 5 heteroatoms. The highest BCUT2D eigenvalue weighted by atomic mass is 28.3. The van der Waals surface area contributed by atoms with E-state index in [9.17, 15) is 0 Å². The molecule has 3 nitrogen and oxygen atoms in total. The summed E-state index contributed by atoms with van der Waals surface area (Å²) in [7, 11) is -3.13. The van der Waals surface area contributed by atoms with Gasteiger partial charge in [-0.1, -0.05) is 0 Å². The third-order valence-corrected chi connectivity index (χ3v) is 0. The van der Waals surface area contributed by atoms with E-state index in [4.69, 9.17) is 14.1 Å². The van der Waals surface area contributed by atoms with Crippen molar-refractivity contribution < 1.29 is 14.1 Å². The summed E-state index contributed by atoms with van der Waals surface area (Å²) in [6.07, 6.45) is 0. The molecule has 0 amide bonds. The van der Waals surface area contributed by atoms with Crippen molar-refractivity contribution in [1.82, 2.24) is 0 Å². The Morgan fingerprint density at radius 1 is 1.40 bits per heavy atom. The van der Waals surface area contributed by atoms with Gasteiger partial charge in [0.15, 0.2) is 0 Å². The molecule has 0 aliphatic rings. The van der Waals surface area contributed by atoms with Crippen LogP contribution in [0.4, 0.5) is 0 Å². The van der Waals surface area contributed by atoms with Gasteiger partial charge in [0.25, 0.3) is 0 Å². The highest BCUT2D eigenvalue weighted by Crippen LogP contribution is 1.27. The minimum Gasteiger partial charge on any atom is -0.511 e. The fourth-order valence-corrected chi connectivity index (χ4v) is 0. The van der Waals surface area contributed by atoms with Gasteiger partial charge in [-0.2, -0.15) is 0 Å². The van der Waals surface area contributed by atoms with Crippen molar-refractivity contribution in [2.24, 2.45) is 0 Å². The monoisotopic (exact) mass is 89.0 g/mol. The maximum Gasteiger partial charge on any atom is 0.761 e. The SMILES string of the molecule is O=[Si](O)O.[B]. The minimum absolute atomic E-state index is 0. The molecule has 0 aromatic rings. The highest BCUT2D eigenvalue weighted by molar-refractivity contribution is 6.22. The highest BCUT2D eigenvalue weighted by Gasteiger charge is 1.85. The lowest BCUT2D eigenvalue weighted by atomic mass is 10.8. The molecule has 0 fully saturated rings. The van der Waals surface area contributed by atoms with Gasteiger partial charge >= 0.3 is 9.17 Å². The van der Waals surface area contributed by atoms with Crippen LogP contribution in [0, 0.1) is 0 Å². The summed E-state index contributed by atoms with van der Waals surface area (Å²) in [6.45, 7) is 0. The zero-order valence-electron chi connectivity index (χ0n) is 2.38. The van der Waals surface area contributed by atoms with E-state index >= 15 is 0 Å². The lowest BCUT2D eigenvalue weighted by molar-refractivity contribution is 0.330. The average molecular weight is 88.9 g/mol. The van der Waals surface area contributed by atoms with Crippen LogP contribution in [-0.2, 0) is 4.46 Å². The zero-order chi connectivity index (χ0) is 3.58. The predicted molar refractivity (Wildman–Crippen MR) is 16.6 cm³/mol. The van der Waals surface area contributed by atoms with Crippen molar-refractivity contribution in [1.29, 1.82) is 0 Å². The molecular weight excluding hydrogens is 86.9 g/mol. The Balaban J connectivity index is 0. The summed E-state index contributed by atoms with van der Waals surface area (Å²) >= 11 is 0. The molecule has 27 valence electrons. The van der Waals surface area contributed by atoms with E-state index in [1.807, 2.05) is 0 Å². The molecule has 5 heavy (non-hydrogen) atoms. The van der Waals surface area contributed by atoms with Crippen LogP contribution in [-0.4, -0.2) is 27.2 Å². The van der Waals surface area contributed by atoms with Gasteiger partial charge in [-0.05, 0) is 0 Å². The van der Waals surface area contributed by atoms with Gasteiger partial charge in [-0.15, -0.1) is 0 Å². The summed E-state index contributed by atoms with van der Waals surface area (Å²) < 4.78 is 8.74. The van der Waals surface area contributed by atoms with E-state index in [0.29, 0.717) is 0 Å². The third-order valence-electron chi connectivity index (χ3n) is 0. The maximum atomic E-state index is 8.74. The van der Waals surface area contributed by atoms with E-state index in [1.165, 1.54) is 0 Å². The molecule has 0 rings (SSSR count). The third kappa shape index (κ3) is 103. The van der Waals surface area contributed by atoms with Crippen LogP contribution >= 0.6 is 0 Å². The van der Waals surface area contributed by atoms with Crippen molar-refractivity contribution in [3.63, 3.8) is 0 Å². The fourth-order valence-electron chi connectivity index (χ4n) is 0. The number of hydrogen-bond donors (Lipinski definition) is 2. The van der Waals surface area contributed by atoms with Crippen molar-refractivity contribution in [2.45, 2.75) is 0 Å². The second-order valence-electron chi connectivity index (χ2n) is 0.283. The molecular formula is H2BO3Si. The van der Waals surface area contributed by atoms with Crippen molar-refractivity contribution in [3.8, 4) is 0 Å². The number of hydrogen-bond acceptors (Lipinski definition) is 1. The summed E-state index contributed by atoms with van der Waals surface area (Å²) in [4.78, 5) is 14.3. The van der Waals surface area contributed by atoms with Gasteiger partial charge in [-0.3, -0.25) is 4.46 Å². The topological polar surface area (TPSA) is 57.5 Å². The quantitative estimate of drug-likeness (QED) is 0.337. The Labute approximate surface area is 32.7 Å². The van der Waals surface area contributed by atoms with Crippen LogP contribution < -0.4 is 0 Å². The second-order valence-corrected chi connectivity index (χ2v) is 0.848. The molecule has 0 bridgehead atoms. The normalized spacial score (nSPS) is 4.80. The summed E-state index contributed by atoms with van der Waals surface area (Å²) in [5, 5.41) is 0. The smallest absolute Gasteiger partial charge is 0.511 e. The van der Waals surface area contributed by atoms with Gasteiger partial charge in [0.2, 0.25) is 0 Å². The molecule has 0 saturated heterocycles. The Kier molecular flexibility index (Phi) is 6.50. The first kappa shape index (κ1) is 8.82. The Hall–Kier alpha value is -0.318. The molecule has 0 saturated carbocycles. The molecule has 0 aliphatic carbocycles. The maximum absolute atomic E-state index is 8.74. The Morgan fingerprint density at radius 2 is 1.40 bits per heavy atom. The van der Waals surface area contributed by atoms with E-state index in [-0.39, 0.29) is 8.41 Å². The summed E-state index contributed by atoms with van der Waals surface area (Å²) in [6, 6.07) is 0. The van der Waals surface area contributed by atoms with E-state index < -0.39 is 9.17 Å². The first-order valence-electron chi connectivity index (χ1n) is 0.651. The molecule has 0 spiro atoms. The van der Waals surface area contributed by atoms with Crippen LogP contribution in [0.15, 0.2) is 0 Å². The zero-order valence-corrected chi connectivity index (χ0v) is 3.38. The Bertz CT molecular complexity index is 29.9. The van der Waals surface area contributed by atoms with Gasteiger partial charge in [-0.25, -0.2) is 0 Å². The lowest BCUT2D eigenvalue weighted by Crippen LogP contribution is -1.90. The van der Waals surface area contributed by atoms with Crippen LogP contribution in [0.1, 0.15) is 0 Å². The van der Waals surface area contributed by atoms with Crippen molar-refractivity contribution in [3.05, 3.63) is 0 Å². The van der Waals surface area contributed by atoms with Crippen molar-refractivity contribution >= 4 is 17.6 Å². The van der Waals surface area contributed by atoms with Crippen LogP contribution in [0.5, 0.6) is 0 Å². The molecule has 2 N–H and O–H groups in total. The van der Waals surface area contributed by atoms with Crippen LogP contribution in [0.2, 0.25) is 0 Å². The van der Waals surface area contributed by atoms with Gasteiger partial charge in [0.1, 0.15) is 0 Å². The molecule has 0 heterocycles. The van der Waals surface area contributed by atoms with Gasteiger partial charge in [0.05, 0.1) is 0 Å². The summed E-state index contributed by atoms with van der Waals surface area (Å²) in [5.41, 5.74) is 0. The first-order chi connectivity index (χ1) is 1.73. The van der Waals surface area contributed by atoms with E-state index in [2.05, 4.69) is 0 Å².